The van der Waals surface area contributed by atoms with E-state index in [1.54, 1.807) is 0 Å². The number of unbranched alkanes of at least 4 members (excludes halogenated alkanes) is 41. The van der Waals surface area contributed by atoms with Crippen molar-refractivity contribution in [3.8, 4) is 0 Å². The SMILES string of the molecule is CCCCCCCC/C=C\CCCCCCCCCC(=O)OCCCCCCCCCCCCCCCCCCCCCCC(=O)NC(CO)C(O)CCCCCCCCCCCC. The van der Waals surface area contributed by atoms with E-state index in [9.17, 15) is 19.8 Å². The Bertz CT molecular complexity index is 955. The van der Waals surface area contributed by atoms with Crippen LogP contribution in [-0.2, 0) is 14.3 Å². The highest BCUT2D eigenvalue weighted by Gasteiger charge is 2.20. The number of carbonyl (C=O) groups is 2. The lowest BCUT2D eigenvalue weighted by atomic mass is 10.0. The Morgan fingerprint density at radius 2 is 0.734 bits per heavy atom. The topological polar surface area (TPSA) is 95.9 Å². The highest BCUT2D eigenvalue weighted by atomic mass is 16.5. The number of aliphatic hydroxyl groups excluding tert-OH is 2. The molecule has 0 rings (SSSR count). The van der Waals surface area contributed by atoms with Crippen LogP contribution < -0.4 is 5.32 Å². The van der Waals surface area contributed by atoms with Crippen molar-refractivity contribution in [1.29, 1.82) is 0 Å². The lowest BCUT2D eigenvalue weighted by molar-refractivity contribution is -0.143. The van der Waals surface area contributed by atoms with Crippen LogP contribution in [0.5, 0.6) is 0 Å². The molecule has 0 aromatic carbocycles. The summed E-state index contributed by atoms with van der Waals surface area (Å²) in [6.07, 6.45) is 63.5. The molecule has 64 heavy (non-hydrogen) atoms. The van der Waals surface area contributed by atoms with Crippen LogP contribution in [0.4, 0.5) is 0 Å². The molecule has 6 heteroatoms. The molecule has 0 aliphatic rings. The number of carbonyl (C=O) groups excluding carboxylic acids is 2. The Labute approximate surface area is 399 Å². The zero-order chi connectivity index (χ0) is 46.5. The van der Waals surface area contributed by atoms with Gasteiger partial charge in [0.25, 0.3) is 0 Å². The van der Waals surface area contributed by atoms with Crippen LogP contribution in [0.25, 0.3) is 0 Å². The minimum Gasteiger partial charge on any atom is -0.466 e. The molecule has 0 aromatic rings. The van der Waals surface area contributed by atoms with Crippen molar-refractivity contribution in [2.75, 3.05) is 13.2 Å². The van der Waals surface area contributed by atoms with Gasteiger partial charge in [0.05, 0.1) is 25.4 Å². The van der Waals surface area contributed by atoms with E-state index in [2.05, 4.69) is 31.3 Å². The molecule has 0 saturated carbocycles. The molecular weight excluding hydrogens is 791 g/mol. The third-order valence-corrected chi connectivity index (χ3v) is 13.6. The van der Waals surface area contributed by atoms with Crippen molar-refractivity contribution in [3.05, 3.63) is 12.2 Å². The standard InChI is InChI=1S/C58H113NO5/c1-3-5-7-9-11-13-15-16-17-22-26-29-32-36-40-44-48-52-58(63)64-53-49-45-41-37-33-30-27-24-21-19-18-20-23-25-28-31-35-39-43-47-51-57(62)59-55(54-60)56(61)50-46-42-38-34-14-12-10-8-6-4-2/h16-17,55-56,60-61H,3-15,18-54H2,1-2H3,(H,59,62)/b17-16-. The summed E-state index contributed by atoms with van der Waals surface area (Å²) in [5.74, 6) is -0.0299. The summed E-state index contributed by atoms with van der Waals surface area (Å²) in [6, 6.07) is -0.540. The second-order valence-electron chi connectivity index (χ2n) is 20.0. The number of ether oxygens (including phenoxy) is 1. The number of aliphatic hydroxyl groups is 2. The molecule has 2 unspecified atom stereocenters. The van der Waals surface area contributed by atoms with Gasteiger partial charge >= 0.3 is 5.97 Å². The summed E-state index contributed by atoms with van der Waals surface area (Å²) in [5.41, 5.74) is 0. The summed E-state index contributed by atoms with van der Waals surface area (Å²) in [5, 5.41) is 23.1. The predicted molar refractivity (Wildman–Crippen MR) is 278 cm³/mol. The number of nitrogens with one attached hydrogen (secondary N) is 1. The van der Waals surface area contributed by atoms with Gasteiger partial charge in [-0.1, -0.05) is 270 Å². The van der Waals surface area contributed by atoms with E-state index in [0.717, 1.165) is 44.9 Å². The fourth-order valence-corrected chi connectivity index (χ4v) is 9.11. The first kappa shape index (κ1) is 62.6. The third-order valence-electron chi connectivity index (χ3n) is 13.6. The van der Waals surface area contributed by atoms with Gasteiger partial charge in [0.15, 0.2) is 0 Å². The maximum Gasteiger partial charge on any atom is 0.305 e. The summed E-state index contributed by atoms with van der Waals surface area (Å²) in [6.45, 7) is 4.94. The highest BCUT2D eigenvalue weighted by molar-refractivity contribution is 5.76. The summed E-state index contributed by atoms with van der Waals surface area (Å²) in [4.78, 5) is 24.5. The van der Waals surface area contributed by atoms with Crippen molar-refractivity contribution in [2.45, 2.75) is 334 Å². The van der Waals surface area contributed by atoms with E-state index < -0.39 is 12.1 Å². The maximum atomic E-state index is 12.4. The van der Waals surface area contributed by atoms with Crippen LogP contribution in [0.2, 0.25) is 0 Å². The lowest BCUT2D eigenvalue weighted by Gasteiger charge is -2.22. The van der Waals surface area contributed by atoms with E-state index in [1.807, 2.05) is 0 Å². The molecule has 0 saturated heterocycles. The van der Waals surface area contributed by atoms with Crippen LogP contribution in [0.3, 0.4) is 0 Å². The van der Waals surface area contributed by atoms with Crippen molar-refractivity contribution < 1.29 is 24.5 Å². The van der Waals surface area contributed by atoms with E-state index in [4.69, 9.17) is 4.74 Å². The highest BCUT2D eigenvalue weighted by Crippen LogP contribution is 2.17. The number of esters is 1. The Hall–Kier alpha value is -1.40. The predicted octanol–water partition coefficient (Wildman–Crippen LogP) is 17.7. The van der Waals surface area contributed by atoms with E-state index in [0.29, 0.717) is 25.9 Å². The smallest absolute Gasteiger partial charge is 0.305 e. The van der Waals surface area contributed by atoms with Gasteiger partial charge in [-0.3, -0.25) is 9.59 Å². The van der Waals surface area contributed by atoms with E-state index in [-0.39, 0.29) is 18.5 Å². The maximum absolute atomic E-state index is 12.4. The lowest BCUT2D eigenvalue weighted by Crippen LogP contribution is -2.45. The monoisotopic (exact) mass is 904 g/mol. The molecule has 0 radical (unpaired) electrons. The van der Waals surface area contributed by atoms with Gasteiger partial charge < -0.3 is 20.3 Å². The first-order valence-electron chi connectivity index (χ1n) is 28.9. The Balaban J connectivity index is 3.35. The van der Waals surface area contributed by atoms with E-state index >= 15 is 0 Å². The minimum atomic E-state index is -0.663. The molecule has 3 N–H and O–H groups in total. The van der Waals surface area contributed by atoms with E-state index in [1.165, 1.54) is 244 Å². The van der Waals surface area contributed by atoms with Crippen LogP contribution in [-0.4, -0.2) is 47.4 Å². The number of amides is 1. The van der Waals surface area contributed by atoms with Gasteiger partial charge in [-0.15, -0.1) is 0 Å². The van der Waals surface area contributed by atoms with Gasteiger partial charge in [0.1, 0.15) is 0 Å². The molecule has 0 aromatic heterocycles. The van der Waals surface area contributed by atoms with Gasteiger partial charge in [0.2, 0.25) is 5.91 Å². The first-order chi connectivity index (χ1) is 31.5. The minimum absolute atomic E-state index is 0.00761. The van der Waals surface area contributed by atoms with Crippen molar-refractivity contribution in [2.24, 2.45) is 0 Å². The molecule has 6 nitrogen and oxygen atoms in total. The molecule has 0 bridgehead atoms. The number of hydrogen-bond acceptors (Lipinski definition) is 5. The molecule has 0 fully saturated rings. The number of allylic oxidation sites excluding steroid dienone is 2. The zero-order valence-corrected chi connectivity index (χ0v) is 43.3. The Morgan fingerprint density at radius 3 is 1.11 bits per heavy atom. The van der Waals surface area contributed by atoms with Gasteiger partial charge in [-0.05, 0) is 51.4 Å². The molecule has 0 aliphatic carbocycles. The molecule has 380 valence electrons. The average molecular weight is 905 g/mol. The first-order valence-corrected chi connectivity index (χ1v) is 28.9. The Morgan fingerprint density at radius 1 is 0.422 bits per heavy atom. The zero-order valence-electron chi connectivity index (χ0n) is 43.3. The van der Waals surface area contributed by atoms with Crippen molar-refractivity contribution >= 4 is 11.9 Å². The third kappa shape index (κ3) is 50.0. The fourth-order valence-electron chi connectivity index (χ4n) is 9.11. The van der Waals surface area contributed by atoms with Crippen LogP contribution in [0.1, 0.15) is 322 Å². The number of hydrogen-bond donors (Lipinski definition) is 3. The van der Waals surface area contributed by atoms with Gasteiger partial charge in [-0.2, -0.15) is 0 Å². The van der Waals surface area contributed by atoms with Gasteiger partial charge in [-0.25, -0.2) is 0 Å². The van der Waals surface area contributed by atoms with Crippen molar-refractivity contribution in [3.63, 3.8) is 0 Å². The van der Waals surface area contributed by atoms with Crippen LogP contribution in [0.15, 0.2) is 12.2 Å². The van der Waals surface area contributed by atoms with Crippen LogP contribution in [0, 0.1) is 0 Å². The summed E-state index contributed by atoms with van der Waals surface area (Å²) in [7, 11) is 0. The van der Waals surface area contributed by atoms with Crippen LogP contribution >= 0.6 is 0 Å². The molecule has 0 aliphatic heterocycles. The molecule has 1 amide bonds. The summed E-state index contributed by atoms with van der Waals surface area (Å²) < 4.78 is 5.49. The van der Waals surface area contributed by atoms with Gasteiger partial charge in [0, 0.05) is 12.8 Å². The number of rotatable bonds is 54. The molecule has 2 atom stereocenters. The normalized spacial score (nSPS) is 12.6. The largest absolute Gasteiger partial charge is 0.466 e. The quantitative estimate of drug-likeness (QED) is 0.0321. The fraction of sp³-hybridized carbons (Fsp3) is 0.931. The molecular formula is C58H113NO5. The van der Waals surface area contributed by atoms with Crippen molar-refractivity contribution in [1.82, 2.24) is 5.32 Å². The Kier molecular flexibility index (Phi) is 53.0. The molecule has 0 spiro atoms. The summed E-state index contributed by atoms with van der Waals surface area (Å²) >= 11 is 0. The second kappa shape index (κ2) is 54.2. The average Bonchev–Trinajstić information content (AvgIpc) is 3.29. The second-order valence-corrected chi connectivity index (χ2v) is 20.0. The molecule has 0 heterocycles.